The van der Waals surface area contributed by atoms with Gasteiger partial charge in [-0.15, -0.1) is 0 Å². The molecule has 17 heavy (non-hydrogen) atoms. The summed E-state index contributed by atoms with van der Waals surface area (Å²) in [5.41, 5.74) is 0.804. The zero-order chi connectivity index (χ0) is 12.8. The summed E-state index contributed by atoms with van der Waals surface area (Å²) in [6, 6.07) is 3.52. The van der Waals surface area contributed by atoms with Gasteiger partial charge in [0.2, 0.25) is 11.7 Å². The molecule has 0 saturated carbocycles. The van der Waals surface area contributed by atoms with E-state index in [1.807, 2.05) is 0 Å². The topological polar surface area (TPSA) is 56.8 Å². The van der Waals surface area contributed by atoms with Gasteiger partial charge in [0.25, 0.3) is 0 Å². The average molecular weight is 239 g/mol. The van der Waals surface area contributed by atoms with Crippen LogP contribution in [0.2, 0.25) is 0 Å². The number of benzene rings is 1. The van der Waals surface area contributed by atoms with Crippen LogP contribution in [-0.4, -0.2) is 34.3 Å². The quantitative estimate of drug-likeness (QED) is 0.833. The first-order valence-electron chi connectivity index (χ1n) is 5.15. The highest BCUT2D eigenvalue weighted by Gasteiger charge is 2.14. The molecule has 5 nitrogen and oxygen atoms in total. The van der Waals surface area contributed by atoms with Gasteiger partial charge < -0.3 is 19.5 Å². The van der Waals surface area contributed by atoms with Crippen LogP contribution in [0.1, 0.15) is 5.56 Å². The van der Waals surface area contributed by atoms with E-state index in [2.05, 4.69) is 5.32 Å². The number of likely N-dealkylation sites (N-methyl/N-ethyl adjacent to an activating group) is 1. The van der Waals surface area contributed by atoms with Gasteiger partial charge >= 0.3 is 0 Å². The first-order valence-corrected chi connectivity index (χ1v) is 5.15. The molecule has 0 aliphatic carbocycles. The molecule has 0 aliphatic rings. The van der Waals surface area contributed by atoms with Crippen molar-refractivity contribution in [3.8, 4) is 17.2 Å². The third kappa shape index (κ3) is 3.03. The molecule has 0 aliphatic heterocycles. The zero-order valence-electron chi connectivity index (χ0n) is 10.5. The van der Waals surface area contributed by atoms with Crippen molar-refractivity contribution in [1.29, 1.82) is 0 Å². The molecule has 1 aromatic rings. The van der Waals surface area contributed by atoms with Crippen LogP contribution in [0.4, 0.5) is 0 Å². The summed E-state index contributed by atoms with van der Waals surface area (Å²) in [6.45, 7) is 0. The van der Waals surface area contributed by atoms with Gasteiger partial charge in [-0.05, 0) is 17.7 Å². The highest BCUT2D eigenvalue weighted by molar-refractivity contribution is 5.78. The lowest BCUT2D eigenvalue weighted by Crippen LogP contribution is -2.20. The SMILES string of the molecule is CNC(=O)Cc1cc(OC)c(OC)c(OC)c1. The second kappa shape index (κ2) is 5.98. The van der Waals surface area contributed by atoms with Gasteiger partial charge in [0.1, 0.15) is 0 Å². The minimum Gasteiger partial charge on any atom is -0.493 e. The summed E-state index contributed by atoms with van der Waals surface area (Å²) >= 11 is 0. The Labute approximate surface area is 101 Å². The maximum atomic E-state index is 11.3. The molecule has 1 N–H and O–H groups in total. The number of amides is 1. The van der Waals surface area contributed by atoms with Gasteiger partial charge in [-0.2, -0.15) is 0 Å². The number of hydrogen-bond acceptors (Lipinski definition) is 4. The molecular weight excluding hydrogens is 222 g/mol. The van der Waals surface area contributed by atoms with Gasteiger partial charge in [0.05, 0.1) is 27.8 Å². The molecule has 0 spiro atoms. The first kappa shape index (κ1) is 13.2. The number of carbonyl (C=O) groups excluding carboxylic acids is 1. The van der Waals surface area contributed by atoms with E-state index in [1.165, 1.54) is 0 Å². The Kier molecular flexibility index (Phi) is 4.63. The second-order valence-electron chi connectivity index (χ2n) is 3.38. The third-order valence-corrected chi connectivity index (χ3v) is 2.37. The van der Waals surface area contributed by atoms with Crippen LogP contribution in [0.3, 0.4) is 0 Å². The number of carbonyl (C=O) groups is 1. The van der Waals surface area contributed by atoms with E-state index in [1.54, 1.807) is 40.5 Å². The molecule has 5 heteroatoms. The molecule has 1 rings (SSSR count). The Morgan fingerprint density at radius 3 is 2.00 bits per heavy atom. The highest BCUT2D eigenvalue weighted by Crippen LogP contribution is 2.38. The number of hydrogen-bond donors (Lipinski definition) is 1. The molecule has 0 fully saturated rings. The average Bonchev–Trinajstić information content (AvgIpc) is 2.37. The minimum absolute atomic E-state index is 0.0701. The largest absolute Gasteiger partial charge is 0.493 e. The van der Waals surface area contributed by atoms with E-state index in [4.69, 9.17) is 14.2 Å². The second-order valence-corrected chi connectivity index (χ2v) is 3.38. The van der Waals surface area contributed by atoms with Crippen LogP contribution in [0.15, 0.2) is 12.1 Å². The van der Waals surface area contributed by atoms with E-state index in [0.717, 1.165) is 5.56 Å². The predicted molar refractivity (Wildman–Crippen MR) is 63.9 cm³/mol. The van der Waals surface area contributed by atoms with Crippen molar-refractivity contribution < 1.29 is 19.0 Å². The maximum absolute atomic E-state index is 11.3. The molecular formula is C12H17NO4. The molecule has 0 unspecified atom stereocenters. The van der Waals surface area contributed by atoms with E-state index < -0.39 is 0 Å². The van der Waals surface area contributed by atoms with Crippen LogP contribution in [0.5, 0.6) is 17.2 Å². The standard InChI is InChI=1S/C12H17NO4/c1-13-11(14)7-8-5-9(15-2)12(17-4)10(6-8)16-3/h5-6H,7H2,1-4H3,(H,13,14). The molecule has 1 aromatic carbocycles. The third-order valence-electron chi connectivity index (χ3n) is 2.37. The molecule has 0 aromatic heterocycles. The van der Waals surface area contributed by atoms with Crippen molar-refractivity contribution in [3.05, 3.63) is 17.7 Å². The smallest absolute Gasteiger partial charge is 0.224 e. The summed E-state index contributed by atoms with van der Waals surface area (Å²) in [7, 11) is 6.22. The molecule has 1 amide bonds. The summed E-state index contributed by atoms with van der Waals surface area (Å²) in [5, 5.41) is 2.57. The van der Waals surface area contributed by atoms with Crippen LogP contribution >= 0.6 is 0 Å². The van der Waals surface area contributed by atoms with Crippen LogP contribution in [0, 0.1) is 0 Å². The predicted octanol–water partition coefficient (Wildman–Crippen LogP) is 1.00. The van der Waals surface area contributed by atoms with Crippen molar-refractivity contribution in [2.75, 3.05) is 28.4 Å². The van der Waals surface area contributed by atoms with E-state index in [9.17, 15) is 4.79 Å². The van der Waals surface area contributed by atoms with Crippen LogP contribution in [-0.2, 0) is 11.2 Å². The Hall–Kier alpha value is -1.91. The fraction of sp³-hybridized carbons (Fsp3) is 0.417. The number of ether oxygens (including phenoxy) is 3. The lowest BCUT2D eigenvalue weighted by Gasteiger charge is -2.13. The van der Waals surface area contributed by atoms with Crippen molar-refractivity contribution in [1.82, 2.24) is 5.32 Å². The molecule has 0 saturated heterocycles. The van der Waals surface area contributed by atoms with Crippen molar-refractivity contribution in [2.45, 2.75) is 6.42 Å². The lowest BCUT2D eigenvalue weighted by atomic mass is 10.1. The fourth-order valence-electron chi connectivity index (χ4n) is 1.51. The molecule has 0 radical (unpaired) electrons. The first-order chi connectivity index (χ1) is 8.15. The Bertz CT molecular complexity index is 378. The Balaban J connectivity index is 3.13. The van der Waals surface area contributed by atoms with Crippen LogP contribution in [0.25, 0.3) is 0 Å². The van der Waals surface area contributed by atoms with Crippen molar-refractivity contribution in [2.24, 2.45) is 0 Å². The van der Waals surface area contributed by atoms with Crippen LogP contribution < -0.4 is 19.5 Å². The van der Waals surface area contributed by atoms with Gasteiger partial charge in [-0.25, -0.2) is 0 Å². The highest BCUT2D eigenvalue weighted by atomic mass is 16.5. The summed E-state index contributed by atoms with van der Waals surface area (Å²) < 4.78 is 15.6. The summed E-state index contributed by atoms with van der Waals surface area (Å²) in [6.07, 6.45) is 0.271. The maximum Gasteiger partial charge on any atom is 0.224 e. The van der Waals surface area contributed by atoms with E-state index >= 15 is 0 Å². The monoisotopic (exact) mass is 239 g/mol. The molecule has 0 atom stereocenters. The summed E-state index contributed by atoms with van der Waals surface area (Å²) in [5.74, 6) is 1.55. The minimum atomic E-state index is -0.0701. The normalized spacial score (nSPS) is 9.65. The fourth-order valence-corrected chi connectivity index (χ4v) is 1.51. The van der Waals surface area contributed by atoms with Gasteiger partial charge in [-0.1, -0.05) is 0 Å². The zero-order valence-corrected chi connectivity index (χ0v) is 10.5. The Morgan fingerprint density at radius 2 is 1.65 bits per heavy atom. The van der Waals surface area contributed by atoms with E-state index in [0.29, 0.717) is 17.2 Å². The van der Waals surface area contributed by atoms with E-state index in [-0.39, 0.29) is 12.3 Å². The lowest BCUT2D eigenvalue weighted by molar-refractivity contribution is -0.119. The number of rotatable bonds is 5. The molecule has 0 bridgehead atoms. The number of methoxy groups -OCH3 is 3. The van der Waals surface area contributed by atoms with Gasteiger partial charge in [0.15, 0.2) is 11.5 Å². The molecule has 0 heterocycles. The van der Waals surface area contributed by atoms with Gasteiger partial charge in [-0.3, -0.25) is 4.79 Å². The Morgan fingerprint density at radius 1 is 1.12 bits per heavy atom. The van der Waals surface area contributed by atoms with Crippen molar-refractivity contribution >= 4 is 5.91 Å². The number of nitrogens with one attached hydrogen (secondary N) is 1. The van der Waals surface area contributed by atoms with Crippen molar-refractivity contribution in [3.63, 3.8) is 0 Å². The van der Waals surface area contributed by atoms with Gasteiger partial charge in [0, 0.05) is 7.05 Å². The molecule has 94 valence electrons. The summed E-state index contributed by atoms with van der Waals surface area (Å²) in [4.78, 5) is 11.3.